The van der Waals surface area contributed by atoms with Gasteiger partial charge < -0.3 is 20.4 Å². The highest BCUT2D eigenvalue weighted by Crippen LogP contribution is 2.41. The molecule has 2 aromatic rings. The summed E-state index contributed by atoms with van der Waals surface area (Å²) >= 11 is 6.07. The number of Topliss-reactive ketones (excluding diaryl/α,β-unsaturated/α-hetero) is 1. The SMILES string of the molecule is CC(=O)N1c2ccc(N3CCNCC3C(=O)C(C)C)cc2C(Nc2ccc(Cl)cc2)CC1C. The molecule has 176 valence electrons. The number of anilines is 3. The minimum Gasteiger partial charge on any atom is -0.378 e. The Morgan fingerprint density at radius 2 is 1.88 bits per heavy atom. The molecule has 1 saturated heterocycles. The monoisotopic (exact) mass is 468 g/mol. The number of carbonyl (C=O) groups is 2. The Hall–Kier alpha value is -2.57. The van der Waals surface area contributed by atoms with Crippen LogP contribution in [0.1, 0.15) is 45.7 Å². The van der Waals surface area contributed by atoms with Crippen molar-refractivity contribution in [2.45, 2.75) is 52.2 Å². The number of carbonyl (C=O) groups excluding carboxylic acids is 2. The molecule has 4 rings (SSSR count). The first-order valence-corrected chi connectivity index (χ1v) is 12.1. The van der Waals surface area contributed by atoms with E-state index in [1.54, 1.807) is 6.92 Å². The van der Waals surface area contributed by atoms with Crippen LogP contribution in [0.4, 0.5) is 17.1 Å². The van der Waals surface area contributed by atoms with E-state index >= 15 is 0 Å². The van der Waals surface area contributed by atoms with E-state index in [-0.39, 0.29) is 35.7 Å². The zero-order chi connectivity index (χ0) is 23.7. The molecule has 0 aromatic heterocycles. The van der Waals surface area contributed by atoms with Crippen LogP contribution in [0.15, 0.2) is 42.5 Å². The van der Waals surface area contributed by atoms with Gasteiger partial charge in [0.05, 0.1) is 6.04 Å². The van der Waals surface area contributed by atoms with Crippen molar-refractivity contribution < 1.29 is 9.59 Å². The molecule has 7 heteroatoms. The van der Waals surface area contributed by atoms with Gasteiger partial charge in [-0.15, -0.1) is 0 Å². The third kappa shape index (κ3) is 4.87. The second kappa shape index (κ2) is 9.74. The molecule has 0 bridgehead atoms. The first-order chi connectivity index (χ1) is 15.8. The van der Waals surface area contributed by atoms with Crippen molar-refractivity contribution in [1.29, 1.82) is 0 Å². The van der Waals surface area contributed by atoms with E-state index in [1.165, 1.54) is 0 Å². The Bertz CT molecular complexity index is 1020. The normalized spacial score (nSPS) is 22.8. The lowest BCUT2D eigenvalue weighted by atomic mass is 9.90. The molecule has 6 nitrogen and oxygen atoms in total. The van der Waals surface area contributed by atoms with E-state index in [0.29, 0.717) is 11.6 Å². The van der Waals surface area contributed by atoms with Crippen LogP contribution in [-0.4, -0.2) is 43.4 Å². The summed E-state index contributed by atoms with van der Waals surface area (Å²) < 4.78 is 0. The number of amides is 1. The Kier molecular flexibility index (Phi) is 6.96. The summed E-state index contributed by atoms with van der Waals surface area (Å²) in [4.78, 5) is 29.5. The van der Waals surface area contributed by atoms with Crippen LogP contribution in [-0.2, 0) is 9.59 Å². The van der Waals surface area contributed by atoms with Crippen LogP contribution in [0, 0.1) is 5.92 Å². The van der Waals surface area contributed by atoms with Crippen molar-refractivity contribution in [3.8, 4) is 0 Å². The van der Waals surface area contributed by atoms with Gasteiger partial charge in [0.25, 0.3) is 0 Å². The smallest absolute Gasteiger partial charge is 0.224 e. The van der Waals surface area contributed by atoms with Gasteiger partial charge in [-0.1, -0.05) is 25.4 Å². The lowest BCUT2D eigenvalue weighted by Gasteiger charge is -2.42. The van der Waals surface area contributed by atoms with Crippen LogP contribution >= 0.6 is 11.6 Å². The van der Waals surface area contributed by atoms with E-state index < -0.39 is 0 Å². The van der Waals surface area contributed by atoms with Crippen LogP contribution in [0.25, 0.3) is 0 Å². The van der Waals surface area contributed by atoms with Crippen molar-refractivity contribution in [2.24, 2.45) is 5.92 Å². The van der Waals surface area contributed by atoms with Gasteiger partial charge >= 0.3 is 0 Å². The quantitative estimate of drug-likeness (QED) is 0.669. The molecule has 1 amide bonds. The van der Waals surface area contributed by atoms with Crippen LogP contribution < -0.4 is 20.4 Å². The molecule has 33 heavy (non-hydrogen) atoms. The van der Waals surface area contributed by atoms with E-state index in [1.807, 2.05) is 49.1 Å². The second-order valence-electron chi connectivity index (χ2n) is 9.39. The average Bonchev–Trinajstić information content (AvgIpc) is 2.79. The molecule has 0 saturated carbocycles. The zero-order valence-corrected chi connectivity index (χ0v) is 20.5. The number of piperazine rings is 1. The maximum Gasteiger partial charge on any atom is 0.224 e. The predicted octanol–water partition coefficient (Wildman–Crippen LogP) is 4.64. The largest absolute Gasteiger partial charge is 0.378 e. The molecule has 2 aliphatic heterocycles. The number of hydrogen-bond acceptors (Lipinski definition) is 5. The number of nitrogens with one attached hydrogen (secondary N) is 2. The van der Waals surface area contributed by atoms with Gasteiger partial charge in [-0.2, -0.15) is 0 Å². The number of fused-ring (bicyclic) bond motifs is 1. The van der Waals surface area contributed by atoms with E-state index in [9.17, 15) is 9.59 Å². The summed E-state index contributed by atoms with van der Waals surface area (Å²) in [7, 11) is 0. The Balaban J connectivity index is 1.73. The predicted molar refractivity (Wildman–Crippen MR) is 135 cm³/mol. The van der Waals surface area contributed by atoms with Crippen molar-refractivity contribution in [2.75, 3.05) is 34.8 Å². The minimum atomic E-state index is -0.189. The standard InChI is InChI=1S/C26H33ClN4O2/c1-16(2)26(33)25-15-28-11-12-30(25)21-9-10-24-22(14-21)23(13-17(3)31(24)18(4)32)29-20-7-5-19(27)6-8-20/h5-10,14,16-17,23,25,28-29H,11-13,15H2,1-4H3. The van der Waals surface area contributed by atoms with E-state index in [0.717, 1.165) is 42.1 Å². The molecule has 3 atom stereocenters. The lowest BCUT2D eigenvalue weighted by Crippen LogP contribution is -2.56. The third-order valence-corrected chi connectivity index (χ3v) is 6.91. The maximum atomic E-state index is 12.9. The van der Waals surface area contributed by atoms with Gasteiger partial charge in [-0.3, -0.25) is 9.59 Å². The minimum absolute atomic E-state index is 0.0246. The first-order valence-electron chi connectivity index (χ1n) is 11.7. The van der Waals surface area contributed by atoms with Gasteiger partial charge in [0.1, 0.15) is 6.04 Å². The van der Waals surface area contributed by atoms with Crippen LogP contribution in [0.5, 0.6) is 0 Å². The molecule has 1 fully saturated rings. The number of hydrogen-bond donors (Lipinski definition) is 2. The number of nitrogens with zero attached hydrogens (tertiary/aromatic N) is 2. The highest BCUT2D eigenvalue weighted by atomic mass is 35.5. The van der Waals surface area contributed by atoms with Crippen LogP contribution in [0.3, 0.4) is 0 Å². The van der Waals surface area contributed by atoms with E-state index in [2.05, 4.69) is 34.6 Å². The molecule has 2 aromatic carbocycles. The second-order valence-corrected chi connectivity index (χ2v) is 9.83. The summed E-state index contributed by atoms with van der Waals surface area (Å²) in [5.74, 6) is 0.259. The van der Waals surface area contributed by atoms with Crippen molar-refractivity contribution in [3.63, 3.8) is 0 Å². The summed E-state index contributed by atoms with van der Waals surface area (Å²) in [6.45, 7) is 9.88. The molecule has 2 N–H and O–H groups in total. The number of halogens is 1. The summed E-state index contributed by atoms with van der Waals surface area (Å²) in [5, 5.41) is 7.71. The number of ketones is 1. The summed E-state index contributed by atoms with van der Waals surface area (Å²) in [6.07, 6.45) is 0.786. The maximum absolute atomic E-state index is 12.9. The van der Waals surface area contributed by atoms with Gasteiger partial charge in [0.2, 0.25) is 5.91 Å². The molecule has 2 heterocycles. The van der Waals surface area contributed by atoms with Crippen molar-refractivity contribution in [3.05, 3.63) is 53.1 Å². The first kappa shape index (κ1) is 23.6. The molecule has 3 unspecified atom stereocenters. The van der Waals surface area contributed by atoms with Crippen LogP contribution in [0.2, 0.25) is 5.02 Å². The van der Waals surface area contributed by atoms with Crippen molar-refractivity contribution >= 4 is 40.4 Å². The van der Waals surface area contributed by atoms with E-state index in [4.69, 9.17) is 11.6 Å². The summed E-state index contributed by atoms with van der Waals surface area (Å²) in [6, 6.07) is 13.9. The molecule has 2 aliphatic rings. The Morgan fingerprint density at radius 1 is 1.15 bits per heavy atom. The molecular weight excluding hydrogens is 436 g/mol. The van der Waals surface area contributed by atoms with Gasteiger partial charge in [0.15, 0.2) is 5.78 Å². The Morgan fingerprint density at radius 3 is 2.55 bits per heavy atom. The Labute approximate surface area is 201 Å². The van der Waals surface area contributed by atoms with Crippen molar-refractivity contribution in [1.82, 2.24) is 5.32 Å². The van der Waals surface area contributed by atoms with Gasteiger partial charge in [-0.05, 0) is 55.8 Å². The molecule has 0 spiro atoms. The number of rotatable bonds is 5. The van der Waals surface area contributed by atoms with Gasteiger partial charge in [0, 0.05) is 66.2 Å². The summed E-state index contributed by atoms with van der Waals surface area (Å²) in [5.41, 5.74) is 4.01. The fourth-order valence-corrected chi connectivity index (χ4v) is 5.17. The highest BCUT2D eigenvalue weighted by Gasteiger charge is 2.35. The highest BCUT2D eigenvalue weighted by molar-refractivity contribution is 6.30. The molecular formula is C26H33ClN4O2. The van der Waals surface area contributed by atoms with Gasteiger partial charge in [-0.25, -0.2) is 0 Å². The average molecular weight is 469 g/mol. The fraction of sp³-hybridized carbons (Fsp3) is 0.462. The lowest BCUT2D eigenvalue weighted by molar-refractivity contribution is -0.123. The zero-order valence-electron chi connectivity index (χ0n) is 19.8. The number of benzene rings is 2. The topological polar surface area (TPSA) is 64.7 Å². The fourth-order valence-electron chi connectivity index (χ4n) is 5.05. The third-order valence-electron chi connectivity index (χ3n) is 6.66. The molecule has 0 aliphatic carbocycles. The molecule has 0 radical (unpaired) electrons.